The topological polar surface area (TPSA) is 105 Å². The summed E-state index contributed by atoms with van der Waals surface area (Å²) in [7, 11) is -3.97. The van der Waals surface area contributed by atoms with Crippen molar-refractivity contribution in [3.63, 3.8) is 0 Å². The summed E-state index contributed by atoms with van der Waals surface area (Å²) in [5.74, 6) is 0.0153. The smallest absolute Gasteiger partial charge is 0.261 e. The van der Waals surface area contributed by atoms with Gasteiger partial charge in [0.15, 0.2) is 0 Å². The van der Waals surface area contributed by atoms with E-state index in [1.165, 1.54) is 24.3 Å². The molecular formula is C21H17ClN2O5S. The number of benzene rings is 3. The van der Waals surface area contributed by atoms with Gasteiger partial charge in [0.2, 0.25) is 0 Å². The average molecular weight is 445 g/mol. The second-order valence-corrected chi connectivity index (χ2v) is 8.79. The monoisotopic (exact) mass is 444 g/mol. The maximum atomic E-state index is 12.7. The second kappa shape index (κ2) is 7.89. The molecule has 0 saturated carbocycles. The number of nitrogens with one attached hydrogen (secondary N) is 2. The minimum Gasteiger partial charge on any atom is -0.506 e. The number of aromatic hydroxyl groups is 1. The van der Waals surface area contributed by atoms with Crippen molar-refractivity contribution in [2.75, 3.05) is 16.6 Å². The van der Waals surface area contributed by atoms with Crippen LogP contribution in [0.25, 0.3) is 0 Å². The number of rotatable bonds is 5. The summed E-state index contributed by atoms with van der Waals surface area (Å²) in [6.07, 6.45) is 0.713. The fourth-order valence-corrected chi connectivity index (χ4v) is 4.34. The van der Waals surface area contributed by atoms with Crippen molar-refractivity contribution >= 4 is 38.9 Å². The number of ether oxygens (including phenoxy) is 1. The molecule has 0 spiro atoms. The number of anilines is 2. The Morgan fingerprint density at radius 3 is 2.70 bits per heavy atom. The van der Waals surface area contributed by atoms with E-state index in [1.54, 1.807) is 36.4 Å². The van der Waals surface area contributed by atoms with Gasteiger partial charge in [-0.25, -0.2) is 8.42 Å². The third-order valence-electron chi connectivity index (χ3n) is 4.55. The lowest BCUT2D eigenvalue weighted by Crippen LogP contribution is -2.15. The summed E-state index contributed by atoms with van der Waals surface area (Å²) in [4.78, 5) is 12.5. The molecule has 3 aromatic rings. The van der Waals surface area contributed by atoms with Crippen LogP contribution in [0.5, 0.6) is 11.5 Å². The van der Waals surface area contributed by atoms with E-state index in [-0.39, 0.29) is 16.3 Å². The fourth-order valence-electron chi connectivity index (χ4n) is 3.07. The van der Waals surface area contributed by atoms with Crippen LogP contribution >= 0.6 is 11.6 Å². The lowest BCUT2D eigenvalue weighted by Gasteiger charge is -2.12. The lowest BCUT2D eigenvalue weighted by molar-refractivity contribution is 0.102. The van der Waals surface area contributed by atoms with Crippen LogP contribution in [0.15, 0.2) is 65.6 Å². The van der Waals surface area contributed by atoms with Gasteiger partial charge in [-0.1, -0.05) is 17.7 Å². The van der Waals surface area contributed by atoms with Crippen molar-refractivity contribution < 1.29 is 23.1 Å². The molecule has 3 N–H and O–H groups in total. The van der Waals surface area contributed by atoms with Gasteiger partial charge in [0.05, 0.1) is 22.9 Å². The van der Waals surface area contributed by atoms with Gasteiger partial charge in [-0.3, -0.25) is 9.52 Å². The van der Waals surface area contributed by atoms with E-state index in [1.807, 2.05) is 0 Å². The van der Waals surface area contributed by atoms with Gasteiger partial charge in [-0.05, 0) is 60.2 Å². The van der Waals surface area contributed by atoms with Crippen molar-refractivity contribution in [3.05, 3.63) is 76.8 Å². The number of fused-ring (bicyclic) bond motifs is 1. The molecule has 30 heavy (non-hydrogen) atoms. The number of halogens is 1. The zero-order valence-electron chi connectivity index (χ0n) is 15.6. The second-order valence-electron chi connectivity index (χ2n) is 6.67. The zero-order chi connectivity index (χ0) is 21.3. The fraction of sp³-hybridized carbons (Fsp3) is 0.0952. The molecule has 0 atom stereocenters. The molecule has 0 unspecified atom stereocenters. The first kappa shape index (κ1) is 20.1. The predicted octanol–water partition coefficient (Wildman–Crippen LogP) is 4.03. The summed E-state index contributed by atoms with van der Waals surface area (Å²) >= 11 is 5.89. The number of amides is 1. The van der Waals surface area contributed by atoms with E-state index in [4.69, 9.17) is 16.3 Å². The molecule has 1 amide bonds. The Morgan fingerprint density at radius 2 is 1.90 bits per heavy atom. The van der Waals surface area contributed by atoms with Crippen LogP contribution in [0.4, 0.5) is 11.4 Å². The normalized spacial score (nSPS) is 12.7. The minimum atomic E-state index is -3.97. The molecule has 0 aliphatic carbocycles. The summed E-state index contributed by atoms with van der Waals surface area (Å²) in [5, 5.41) is 13.1. The largest absolute Gasteiger partial charge is 0.506 e. The van der Waals surface area contributed by atoms with E-state index in [2.05, 4.69) is 10.0 Å². The molecule has 3 aromatic carbocycles. The predicted molar refractivity (Wildman–Crippen MR) is 114 cm³/mol. The molecule has 7 nitrogen and oxygen atoms in total. The first-order valence-electron chi connectivity index (χ1n) is 9.00. The number of carbonyl (C=O) groups excluding carboxylic acids is 1. The zero-order valence-corrected chi connectivity index (χ0v) is 17.1. The summed E-state index contributed by atoms with van der Waals surface area (Å²) in [5.41, 5.74) is 1.57. The van der Waals surface area contributed by atoms with Gasteiger partial charge < -0.3 is 15.2 Å². The number of phenolic OH excluding ortho intramolecular Hbond substituents is 1. The molecule has 0 saturated heterocycles. The van der Waals surface area contributed by atoms with Crippen molar-refractivity contribution in [2.45, 2.75) is 11.3 Å². The first-order chi connectivity index (χ1) is 14.3. The summed E-state index contributed by atoms with van der Waals surface area (Å²) in [6.45, 7) is 0.570. The Bertz CT molecular complexity index is 1240. The molecule has 0 aromatic heterocycles. The number of sulfonamides is 1. The van der Waals surface area contributed by atoms with Gasteiger partial charge >= 0.3 is 0 Å². The van der Waals surface area contributed by atoms with Crippen LogP contribution in [0.3, 0.4) is 0 Å². The Kier molecular flexibility index (Phi) is 5.27. The van der Waals surface area contributed by atoms with Crippen LogP contribution in [0.1, 0.15) is 15.9 Å². The summed E-state index contributed by atoms with van der Waals surface area (Å²) < 4.78 is 33.2. The summed E-state index contributed by atoms with van der Waals surface area (Å²) in [6, 6.07) is 15.0. The highest BCUT2D eigenvalue weighted by atomic mass is 35.5. The number of phenols is 1. The van der Waals surface area contributed by atoms with Crippen molar-refractivity contribution in [1.29, 1.82) is 0 Å². The third kappa shape index (κ3) is 4.19. The number of carbonyl (C=O) groups is 1. The SMILES string of the molecule is O=C(Nc1cc(S(=O)(=O)Nc2cccc(Cl)c2)ccc1O)c1ccc2c(c1)CCO2. The van der Waals surface area contributed by atoms with Crippen LogP contribution in [-0.2, 0) is 16.4 Å². The van der Waals surface area contributed by atoms with E-state index >= 15 is 0 Å². The Morgan fingerprint density at radius 1 is 1.07 bits per heavy atom. The molecule has 1 heterocycles. The van der Waals surface area contributed by atoms with Gasteiger partial charge in [-0.2, -0.15) is 0 Å². The van der Waals surface area contributed by atoms with E-state index in [0.717, 1.165) is 11.3 Å². The highest BCUT2D eigenvalue weighted by Gasteiger charge is 2.19. The molecular weight excluding hydrogens is 428 g/mol. The lowest BCUT2D eigenvalue weighted by atomic mass is 10.1. The average Bonchev–Trinajstić information content (AvgIpc) is 3.17. The molecule has 1 aliphatic rings. The molecule has 9 heteroatoms. The van der Waals surface area contributed by atoms with E-state index in [9.17, 15) is 18.3 Å². The highest BCUT2D eigenvalue weighted by Crippen LogP contribution is 2.30. The molecule has 4 rings (SSSR count). The maximum Gasteiger partial charge on any atom is 0.261 e. The molecule has 0 radical (unpaired) electrons. The molecule has 0 fully saturated rings. The van der Waals surface area contributed by atoms with Gasteiger partial charge in [0.1, 0.15) is 11.5 Å². The Labute approximate surface area is 178 Å². The van der Waals surface area contributed by atoms with Crippen molar-refractivity contribution in [1.82, 2.24) is 0 Å². The van der Waals surface area contributed by atoms with Crippen molar-refractivity contribution in [3.8, 4) is 11.5 Å². The minimum absolute atomic E-state index is 0.0225. The first-order valence-corrected chi connectivity index (χ1v) is 10.9. The Hall–Kier alpha value is -3.23. The highest BCUT2D eigenvalue weighted by molar-refractivity contribution is 7.92. The van der Waals surface area contributed by atoms with Crippen LogP contribution in [-0.4, -0.2) is 26.0 Å². The van der Waals surface area contributed by atoms with Gasteiger partial charge in [0.25, 0.3) is 15.9 Å². The van der Waals surface area contributed by atoms with Gasteiger partial charge in [-0.15, -0.1) is 0 Å². The molecule has 0 bridgehead atoms. The third-order valence-corrected chi connectivity index (χ3v) is 6.17. The van der Waals surface area contributed by atoms with E-state index in [0.29, 0.717) is 29.3 Å². The Balaban J connectivity index is 1.57. The van der Waals surface area contributed by atoms with E-state index < -0.39 is 15.9 Å². The standard InChI is InChI=1S/C21H17ClN2O5S/c22-15-2-1-3-16(11-15)24-30(27,28)17-5-6-19(25)18(12-17)23-21(26)14-4-7-20-13(10-14)8-9-29-20/h1-7,10-12,24-25H,8-9H2,(H,23,26). The van der Waals surface area contributed by atoms with Crippen LogP contribution in [0, 0.1) is 0 Å². The van der Waals surface area contributed by atoms with Crippen LogP contribution in [0.2, 0.25) is 5.02 Å². The van der Waals surface area contributed by atoms with Crippen molar-refractivity contribution in [2.24, 2.45) is 0 Å². The van der Waals surface area contributed by atoms with Crippen LogP contribution < -0.4 is 14.8 Å². The van der Waals surface area contributed by atoms with Gasteiger partial charge in [0, 0.05) is 17.0 Å². The molecule has 154 valence electrons. The maximum absolute atomic E-state index is 12.7. The quantitative estimate of drug-likeness (QED) is 0.515. The number of hydrogen-bond donors (Lipinski definition) is 3. The molecule has 1 aliphatic heterocycles. The number of hydrogen-bond acceptors (Lipinski definition) is 5.